The number of H-pyrrole nitrogens is 1. The van der Waals surface area contributed by atoms with Crippen molar-refractivity contribution in [2.24, 2.45) is 0 Å². The van der Waals surface area contributed by atoms with Crippen LogP contribution in [0.5, 0.6) is 11.5 Å². The van der Waals surface area contributed by atoms with Crippen LogP contribution in [0, 0.1) is 10.1 Å². The minimum absolute atomic E-state index is 0.0638. The Morgan fingerprint density at radius 2 is 1.79 bits per heavy atom. The second-order valence-electron chi connectivity index (χ2n) is 6.31. The van der Waals surface area contributed by atoms with E-state index >= 15 is 0 Å². The Bertz CT molecular complexity index is 1040. The molecule has 0 saturated carbocycles. The lowest BCUT2D eigenvalue weighted by Crippen LogP contribution is -2.21. The van der Waals surface area contributed by atoms with E-state index in [0.29, 0.717) is 12.3 Å². The first-order valence-corrected chi connectivity index (χ1v) is 8.91. The Labute approximate surface area is 165 Å². The van der Waals surface area contributed by atoms with Crippen LogP contribution in [0.25, 0.3) is 10.9 Å². The molecule has 0 radical (unpaired) electrons. The molecule has 0 aliphatic rings. The van der Waals surface area contributed by atoms with Gasteiger partial charge in [0.25, 0.3) is 5.69 Å². The number of nitrogens with zero attached hydrogens (tertiary/aromatic N) is 1. The van der Waals surface area contributed by atoms with Crippen molar-refractivity contribution in [1.29, 1.82) is 0 Å². The highest BCUT2D eigenvalue weighted by molar-refractivity contribution is 5.85. The Balaban J connectivity index is 1.63. The largest absolute Gasteiger partial charge is 0.519 e. The molecule has 0 spiro atoms. The normalized spacial score (nSPS) is 10.5. The molecule has 150 valence electrons. The van der Waals surface area contributed by atoms with Crippen molar-refractivity contribution in [2.45, 2.75) is 19.8 Å². The number of rotatable bonds is 7. The molecule has 9 nitrogen and oxygen atoms in total. The van der Waals surface area contributed by atoms with Crippen molar-refractivity contribution in [3.05, 3.63) is 64.3 Å². The topological polar surface area (TPSA) is 124 Å². The molecule has 29 heavy (non-hydrogen) atoms. The Kier molecular flexibility index (Phi) is 6.08. The van der Waals surface area contributed by atoms with E-state index < -0.39 is 11.1 Å². The second-order valence-corrected chi connectivity index (χ2v) is 6.31. The van der Waals surface area contributed by atoms with Gasteiger partial charge in [-0.3, -0.25) is 14.9 Å². The first kappa shape index (κ1) is 19.9. The Morgan fingerprint density at radius 3 is 2.48 bits per heavy atom. The van der Waals surface area contributed by atoms with Gasteiger partial charge in [0.05, 0.1) is 4.92 Å². The molecular formula is C20H19N3O6. The number of hydrogen-bond donors (Lipinski definition) is 2. The van der Waals surface area contributed by atoms with Gasteiger partial charge < -0.3 is 19.8 Å². The molecule has 0 unspecified atom stereocenters. The zero-order valence-electron chi connectivity index (χ0n) is 15.6. The minimum Gasteiger partial charge on any atom is -0.395 e. The summed E-state index contributed by atoms with van der Waals surface area (Å²) in [6.45, 7) is 2.06. The number of aromatic amines is 1. The SMILES string of the molecule is CC(=O)NCCCc1c[nH]c2ccc(OC(=O)Oc3ccc([N+](=O)[O-])cc3)cc12. The van der Waals surface area contributed by atoms with Gasteiger partial charge in [-0.2, -0.15) is 0 Å². The number of ether oxygens (including phenoxy) is 2. The van der Waals surface area contributed by atoms with Gasteiger partial charge in [0.1, 0.15) is 11.5 Å². The summed E-state index contributed by atoms with van der Waals surface area (Å²) in [5, 5.41) is 14.3. The monoisotopic (exact) mass is 397 g/mol. The third kappa shape index (κ3) is 5.32. The van der Waals surface area contributed by atoms with Crippen LogP contribution in [-0.2, 0) is 11.2 Å². The van der Waals surface area contributed by atoms with Gasteiger partial charge in [0.15, 0.2) is 0 Å². The fourth-order valence-electron chi connectivity index (χ4n) is 2.82. The van der Waals surface area contributed by atoms with Crippen LogP contribution in [-0.4, -0.2) is 28.5 Å². The summed E-state index contributed by atoms with van der Waals surface area (Å²) in [4.78, 5) is 36.2. The van der Waals surface area contributed by atoms with Crippen molar-refractivity contribution in [3.63, 3.8) is 0 Å². The number of nitrogens with one attached hydrogen (secondary N) is 2. The van der Waals surface area contributed by atoms with Crippen LogP contribution in [0.15, 0.2) is 48.7 Å². The summed E-state index contributed by atoms with van der Waals surface area (Å²) in [5.41, 5.74) is 1.84. The molecule has 0 aliphatic carbocycles. The maximum atomic E-state index is 12.0. The van der Waals surface area contributed by atoms with Crippen molar-refractivity contribution in [3.8, 4) is 11.5 Å². The molecular weight excluding hydrogens is 378 g/mol. The lowest BCUT2D eigenvalue weighted by molar-refractivity contribution is -0.384. The summed E-state index contributed by atoms with van der Waals surface area (Å²) in [5.74, 6) is 0.389. The van der Waals surface area contributed by atoms with Crippen molar-refractivity contribution < 1.29 is 24.0 Å². The first-order chi connectivity index (χ1) is 13.9. The van der Waals surface area contributed by atoms with E-state index in [9.17, 15) is 19.7 Å². The molecule has 1 amide bonds. The highest BCUT2D eigenvalue weighted by Crippen LogP contribution is 2.25. The minimum atomic E-state index is -0.944. The van der Waals surface area contributed by atoms with E-state index in [-0.39, 0.29) is 17.3 Å². The molecule has 0 fully saturated rings. The quantitative estimate of drug-likeness (QED) is 0.206. The number of amides is 1. The fourth-order valence-corrected chi connectivity index (χ4v) is 2.82. The summed E-state index contributed by atoms with van der Waals surface area (Å²) in [6, 6.07) is 10.3. The van der Waals surface area contributed by atoms with Crippen LogP contribution in [0.3, 0.4) is 0 Å². The summed E-state index contributed by atoms with van der Waals surface area (Å²) >= 11 is 0. The van der Waals surface area contributed by atoms with Gasteiger partial charge in [-0.25, -0.2) is 4.79 Å². The number of fused-ring (bicyclic) bond motifs is 1. The van der Waals surface area contributed by atoms with Crippen LogP contribution >= 0.6 is 0 Å². The van der Waals surface area contributed by atoms with E-state index in [1.807, 2.05) is 6.20 Å². The van der Waals surface area contributed by atoms with E-state index in [4.69, 9.17) is 9.47 Å². The van der Waals surface area contributed by atoms with Crippen LogP contribution in [0.4, 0.5) is 10.5 Å². The molecule has 3 rings (SSSR count). The maximum Gasteiger partial charge on any atom is 0.519 e. The fraction of sp³-hybridized carbons (Fsp3) is 0.200. The molecule has 9 heteroatoms. The van der Waals surface area contributed by atoms with Crippen molar-refractivity contribution in [2.75, 3.05) is 6.54 Å². The smallest absolute Gasteiger partial charge is 0.395 e. The second kappa shape index (κ2) is 8.87. The number of carbonyl (C=O) groups excluding carboxylic acids is 2. The van der Waals surface area contributed by atoms with E-state index in [2.05, 4.69) is 10.3 Å². The highest BCUT2D eigenvalue weighted by atomic mass is 16.7. The third-order valence-electron chi connectivity index (χ3n) is 4.19. The van der Waals surface area contributed by atoms with Crippen LogP contribution in [0.1, 0.15) is 18.9 Å². The molecule has 1 heterocycles. The molecule has 3 aromatic rings. The summed E-state index contributed by atoms with van der Waals surface area (Å²) < 4.78 is 10.3. The third-order valence-corrected chi connectivity index (χ3v) is 4.19. The summed E-state index contributed by atoms with van der Waals surface area (Å²) in [6.07, 6.45) is 2.47. The van der Waals surface area contributed by atoms with Crippen LogP contribution < -0.4 is 14.8 Å². The Morgan fingerprint density at radius 1 is 1.10 bits per heavy atom. The van der Waals surface area contributed by atoms with Gasteiger partial charge in [-0.15, -0.1) is 0 Å². The number of non-ortho nitro benzene ring substituents is 1. The number of aryl methyl sites for hydroxylation is 1. The molecule has 0 bridgehead atoms. The highest BCUT2D eigenvalue weighted by Gasteiger charge is 2.12. The standard InChI is InChI=1S/C20H19N3O6/c1-13(24)21-10-2-3-14-12-22-19-9-8-17(11-18(14)19)29-20(25)28-16-6-4-15(5-7-16)23(26)27/h4-9,11-12,22H,2-3,10H2,1H3,(H,21,24). The number of aromatic nitrogens is 1. The number of nitro groups is 1. The van der Waals surface area contributed by atoms with E-state index in [1.165, 1.54) is 31.2 Å². The molecule has 2 aromatic carbocycles. The van der Waals surface area contributed by atoms with E-state index in [1.54, 1.807) is 18.2 Å². The van der Waals surface area contributed by atoms with Crippen molar-refractivity contribution >= 4 is 28.7 Å². The van der Waals surface area contributed by atoms with Gasteiger partial charge in [-0.05, 0) is 48.7 Å². The average Bonchev–Trinajstić information content (AvgIpc) is 3.07. The molecule has 0 aliphatic heterocycles. The van der Waals surface area contributed by atoms with Gasteiger partial charge in [0.2, 0.25) is 5.91 Å². The van der Waals surface area contributed by atoms with E-state index in [0.717, 1.165) is 29.3 Å². The number of nitro benzene ring substituents is 1. The maximum absolute atomic E-state index is 12.0. The van der Waals surface area contributed by atoms with Crippen molar-refractivity contribution in [1.82, 2.24) is 10.3 Å². The molecule has 0 saturated heterocycles. The lowest BCUT2D eigenvalue weighted by atomic mass is 10.1. The number of benzene rings is 2. The predicted molar refractivity (Wildman–Crippen MR) is 105 cm³/mol. The zero-order chi connectivity index (χ0) is 20.8. The lowest BCUT2D eigenvalue weighted by Gasteiger charge is -2.06. The predicted octanol–water partition coefficient (Wildman–Crippen LogP) is 3.72. The van der Waals surface area contributed by atoms with Gasteiger partial charge in [-0.1, -0.05) is 0 Å². The zero-order valence-corrected chi connectivity index (χ0v) is 15.6. The number of hydrogen-bond acceptors (Lipinski definition) is 6. The summed E-state index contributed by atoms with van der Waals surface area (Å²) in [7, 11) is 0. The van der Waals surface area contributed by atoms with Gasteiger partial charge in [0, 0.05) is 42.7 Å². The van der Waals surface area contributed by atoms with Gasteiger partial charge >= 0.3 is 6.16 Å². The number of carbonyl (C=O) groups is 2. The first-order valence-electron chi connectivity index (χ1n) is 8.91. The Hall–Kier alpha value is -3.88. The molecule has 0 atom stereocenters. The molecule has 1 aromatic heterocycles. The molecule has 2 N–H and O–H groups in total. The van der Waals surface area contributed by atoms with Crippen LogP contribution in [0.2, 0.25) is 0 Å². The average molecular weight is 397 g/mol.